The van der Waals surface area contributed by atoms with Gasteiger partial charge in [0.1, 0.15) is 5.82 Å². The number of nitrogens with two attached hydrogens (primary N) is 1. The number of rotatable bonds is 12. The molecule has 0 atom stereocenters. The predicted molar refractivity (Wildman–Crippen MR) is 126 cm³/mol. The summed E-state index contributed by atoms with van der Waals surface area (Å²) in [5.41, 5.74) is 9.37. The third-order valence-corrected chi connectivity index (χ3v) is 4.34. The SMILES string of the molecule is C=C/C=N\C(O)=C\CNc1ccc(CC)cc1N(C)CCN(C)/C(N)=C/N=CC. The van der Waals surface area contributed by atoms with Crippen LogP contribution in [0.5, 0.6) is 0 Å². The Morgan fingerprint density at radius 3 is 2.72 bits per heavy atom. The Morgan fingerprint density at radius 2 is 2.07 bits per heavy atom. The van der Waals surface area contributed by atoms with Crippen molar-refractivity contribution in [2.75, 3.05) is 43.9 Å². The van der Waals surface area contributed by atoms with Crippen molar-refractivity contribution in [2.24, 2.45) is 15.7 Å². The fourth-order valence-electron chi connectivity index (χ4n) is 2.50. The molecule has 0 spiro atoms. The topological polar surface area (TPSA) is 89.5 Å². The second-order valence-electron chi connectivity index (χ2n) is 6.47. The quantitative estimate of drug-likeness (QED) is 0.370. The van der Waals surface area contributed by atoms with E-state index in [9.17, 15) is 5.11 Å². The van der Waals surface area contributed by atoms with Crippen LogP contribution in [0.25, 0.3) is 0 Å². The first kappa shape index (κ1) is 23.8. The minimum atomic E-state index is -0.0453. The van der Waals surface area contributed by atoms with Gasteiger partial charge in [-0.3, -0.25) is 4.99 Å². The molecule has 1 rings (SSSR count). The zero-order chi connectivity index (χ0) is 21.6. The van der Waals surface area contributed by atoms with E-state index in [1.807, 2.05) is 18.9 Å². The number of allylic oxidation sites excluding steroid dienone is 1. The summed E-state index contributed by atoms with van der Waals surface area (Å²) < 4.78 is 0. The van der Waals surface area contributed by atoms with Crippen molar-refractivity contribution in [1.29, 1.82) is 0 Å². The summed E-state index contributed by atoms with van der Waals surface area (Å²) in [6.45, 7) is 9.52. The lowest BCUT2D eigenvalue weighted by Crippen LogP contribution is -2.33. The maximum atomic E-state index is 9.71. The van der Waals surface area contributed by atoms with Crippen LogP contribution < -0.4 is 16.0 Å². The van der Waals surface area contributed by atoms with E-state index in [1.54, 1.807) is 18.5 Å². The van der Waals surface area contributed by atoms with Crippen LogP contribution >= 0.6 is 0 Å². The molecule has 0 amide bonds. The van der Waals surface area contributed by atoms with E-state index in [0.717, 1.165) is 30.9 Å². The average Bonchev–Trinajstić information content (AvgIpc) is 2.74. The Labute approximate surface area is 174 Å². The third kappa shape index (κ3) is 8.55. The van der Waals surface area contributed by atoms with Crippen molar-refractivity contribution >= 4 is 23.8 Å². The number of aliphatic hydroxyl groups is 1. The van der Waals surface area contributed by atoms with Gasteiger partial charge < -0.3 is 26.0 Å². The average molecular weight is 399 g/mol. The van der Waals surface area contributed by atoms with Crippen LogP contribution in [-0.4, -0.2) is 56.2 Å². The number of anilines is 2. The van der Waals surface area contributed by atoms with Gasteiger partial charge in [0.15, 0.2) is 0 Å². The summed E-state index contributed by atoms with van der Waals surface area (Å²) in [5, 5.41) is 13.1. The monoisotopic (exact) mass is 398 g/mol. The van der Waals surface area contributed by atoms with Crippen LogP contribution in [0.3, 0.4) is 0 Å². The molecule has 4 N–H and O–H groups in total. The van der Waals surface area contributed by atoms with E-state index in [0.29, 0.717) is 12.4 Å². The van der Waals surface area contributed by atoms with E-state index in [1.165, 1.54) is 17.9 Å². The van der Waals surface area contributed by atoms with E-state index in [2.05, 4.69) is 59.0 Å². The fourth-order valence-corrected chi connectivity index (χ4v) is 2.50. The number of hydrogen-bond acceptors (Lipinski definition) is 7. The smallest absolute Gasteiger partial charge is 0.208 e. The molecule has 0 aliphatic heterocycles. The molecule has 7 heteroatoms. The maximum absolute atomic E-state index is 9.71. The minimum Gasteiger partial charge on any atom is -0.493 e. The van der Waals surface area contributed by atoms with Crippen LogP contribution in [0.1, 0.15) is 19.4 Å². The molecule has 0 aromatic heterocycles. The molecular formula is C22H34N6O. The van der Waals surface area contributed by atoms with E-state index in [-0.39, 0.29) is 5.88 Å². The van der Waals surface area contributed by atoms with Crippen molar-refractivity contribution in [1.82, 2.24) is 4.90 Å². The number of likely N-dealkylation sites (N-methyl/N-ethyl adjacent to an activating group) is 2. The van der Waals surface area contributed by atoms with E-state index >= 15 is 0 Å². The van der Waals surface area contributed by atoms with Gasteiger partial charge in [-0.25, -0.2) is 4.99 Å². The number of aliphatic imine (C=N–C) groups is 2. The first-order valence-corrected chi connectivity index (χ1v) is 9.69. The van der Waals surface area contributed by atoms with Gasteiger partial charge in [0, 0.05) is 46.2 Å². The lowest BCUT2D eigenvalue weighted by Gasteiger charge is -2.27. The molecule has 29 heavy (non-hydrogen) atoms. The van der Waals surface area contributed by atoms with Gasteiger partial charge in [0.05, 0.1) is 17.6 Å². The second kappa shape index (κ2) is 13.0. The van der Waals surface area contributed by atoms with Gasteiger partial charge in [-0.2, -0.15) is 0 Å². The van der Waals surface area contributed by atoms with Gasteiger partial charge in [-0.15, -0.1) is 0 Å². The molecule has 7 nitrogen and oxygen atoms in total. The molecule has 0 radical (unpaired) electrons. The summed E-state index contributed by atoms with van der Waals surface area (Å²) in [6.07, 6.45) is 8.90. The highest BCUT2D eigenvalue weighted by molar-refractivity contribution is 5.72. The number of benzene rings is 1. The van der Waals surface area contributed by atoms with Crippen LogP contribution in [0.4, 0.5) is 11.4 Å². The number of aryl methyl sites for hydroxylation is 1. The summed E-state index contributed by atoms with van der Waals surface area (Å²) >= 11 is 0. The summed E-state index contributed by atoms with van der Waals surface area (Å²) in [5.74, 6) is 0.578. The second-order valence-corrected chi connectivity index (χ2v) is 6.47. The van der Waals surface area contributed by atoms with Gasteiger partial charge >= 0.3 is 0 Å². The number of aliphatic hydroxyl groups excluding tert-OH is 1. The van der Waals surface area contributed by atoms with Crippen molar-refractivity contribution in [2.45, 2.75) is 20.3 Å². The summed E-state index contributed by atoms with van der Waals surface area (Å²) in [6, 6.07) is 6.35. The van der Waals surface area contributed by atoms with Gasteiger partial charge in [-0.1, -0.05) is 25.6 Å². The van der Waals surface area contributed by atoms with Crippen LogP contribution in [-0.2, 0) is 6.42 Å². The van der Waals surface area contributed by atoms with Crippen LogP contribution in [0, 0.1) is 0 Å². The van der Waals surface area contributed by atoms with Crippen LogP contribution in [0.2, 0.25) is 0 Å². The van der Waals surface area contributed by atoms with E-state index in [4.69, 9.17) is 5.73 Å². The predicted octanol–water partition coefficient (Wildman–Crippen LogP) is 3.53. The zero-order valence-corrected chi connectivity index (χ0v) is 18.0. The van der Waals surface area contributed by atoms with E-state index < -0.39 is 0 Å². The number of hydrogen-bond donors (Lipinski definition) is 3. The number of nitrogens with one attached hydrogen (secondary N) is 1. The summed E-state index contributed by atoms with van der Waals surface area (Å²) in [4.78, 5) is 12.1. The minimum absolute atomic E-state index is 0.0453. The molecule has 0 saturated carbocycles. The van der Waals surface area contributed by atoms with Gasteiger partial charge in [0.25, 0.3) is 0 Å². The normalized spacial score (nSPS) is 12.6. The molecule has 158 valence electrons. The molecule has 0 bridgehead atoms. The lowest BCUT2D eigenvalue weighted by atomic mass is 10.1. The Balaban J connectivity index is 2.86. The van der Waals surface area contributed by atoms with Crippen molar-refractivity contribution in [3.05, 3.63) is 60.4 Å². The molecule has 1 aromatic carbocycles. The van der Waals surface area contributed by atoms with Crippen molar-refractivity contribution < 1.29 is 5.11 Å². The molecule has 0 aliphatic carbocycles. The Morgan fingerprint density at radius 1 is 1.31 bits per heavy atom. The maximum Gasteiger partial charge on any atom is 0.208 e. The first-order chi connectivity index (χ1) is 13.9. The molecule has 0 aliphatic rings. The number of nitrogens with zero attached hydrogens (tertiary/aromatic N) is 4. The Kier molecular flexibility index (Phi) is 10.7. The van der Waals surface area contributed by atoms with Crippen LogP contribution in [0.15, 0.2) is 64.8 Å². The van der Waals surface area contributed by atoms with Crippen molar-refractivity contribution in [3.63, 3.8) is 0 Å². The van der Waals surface area contributed by atoms with Crippen molar-refractivity contribution in [3.8, 4) is 0 Å². The standard InChI is InChI=1S/C22H34N6O/c1-6-12-26-22(29)11-13-25-19-10-9-18(7-2)16-20(19)27(4)14-15-28(5)21(23)17-24-8-3/h6,8-12,16-17,25,29H,1,7,13-15,23H2,2-5H3/b21-17+,22-11-,24-8?,26-12-. The Bertz CT molecular complexity index is 767. The fraction of sp³-hybridized carbons (Fsp3) is 0.364. The van der Waals surface area contributed by atoms with Gasteiger partial charge in [-0.05, 0) is 37.1 Å². The highest BCUT2D eigenvalue weighted by Gasteiger charge is 2.10. The largest absolute Gasteiger partial charge is 0.493 e. The highest BCUT2D eigenvalue weighted by Crippen LogP contribution is 2.27. The summed E-state index contributed by atoms with van der Waals surface area (Å²) in [7, 11) is 4.00. The molecule has 0 fully saturated rings. The lowest BCUT2D eigenvalue weighted by molar-refractivity contribution is 0.406. The highest BCUT2D eigenvalue weighted by atomic mass is 16.3. The molecule has 0 unspecified atom stereocenters. The zero-order valence-electron chi connectivity index (χ0n) is 18.0. The molecule has 1 aromatic rings. The van der Waals surface area contributed by atoms with Gasteiger partial charge in [0.2, 0.25) is 5.88 Å². The third-order valence-electron chi connectivity index (χ3n) is 4.34. The first-order valence-electron chi connectivity index (χ1n) is 9.69. The molecule has 0 saturated heterocycles. The molecular weight excluding hydrogens is 364 g/mol. The Hall–Kier alpha value is -3.22. The molecule has 0 heterocycles.